The lowest BCUT2D eigenvalue weighted by molar-refractivity contribution is -0.134. The summed E-state index contributed by atoms with van der Waals surface area (Å²) in [5.74, 6) is 0.316. The number of ether oxygens (including phenoxy) is 1. The van der Waals surface area contributed by atoms with Crippen molar-refractivity contribution >= 4 is 5.91 Å². The van der Waals surface area contributed by atoms with E-state index in [1.165, 1.54) is 25.7 Å². The van der Waals surface area contributed by atoms with Crippen LogP contribution in [0.4, 0.5) is 0 Å². The fraction of sp³-hybridized carbons (Fsp3) is 0.933. The average Bonchev–Trinajstić information content (AvgIpc) is 3.10. The molecule has 0 radical (unpaired) electrons. The predicted octanol–water partition coefficient (Wildman–Crippen LogP) is 2.07. The van der Waals surface area contributed by atoms with E-state index in [0.29, 0.717) is 31.0 Å². The van der Waals surface area contributed by atoms with Gasteiger partial charge >= 0.3 is 0 Å². The molecule has 0 spiro atoms. The van der Waals surface area contributed by atoms with Gasteiger partial charge in [0.05, 0.1) is 6.10 Å². The molecule has 2 rings (SSSR count). The summed E-state index contributed by atoms with van der Waals surface area (Å²) in [6, 6.07) is 0.476. The van der Waals surface area contributed by atoms with Gasteiger partial charge in [-0.25, -0.2) is 0 Å². The van der Waals surface area contributed by atoms with Gasteiger partial charge < -0.3 is 15.4 Å². The van der Waals surface area contributed by atoms with E-state index in [9.17, 15) is 4.79 Å². The van der Waals surface area contributed by atoms with Gasteiger partial charge in [0.1, 0.15) is 0 Å². The van der Waals surface area contributed by atoms with Gasteiger partial charge in [-0.1, -0.05) is 12.8 Å². The van der Waals surface area contributed by atoms with Crippen molar-refractivity contribution in [1.29, 1.82) is 0 Å². The summed E-state index contributed by atoms with van der Waals surface area (Å²) >= 11 is 0. The van der Waals surface area contributed by atoms with Crippen LogP contribution in [0.1, 0.15) is 57.8 Å². The van der Waals surface area contributed by atoms with E-state index in [2.05, 4.69) is 4.90 Å². The first-order valence-corrected chi connectivity index (χ1v) is 7.92. The van der Waals surface area contributed by atoms with Crippen LogP contribution in [0.5, 0.6) is 0 Å². The second kappa shape index (κ2) is 7.85. The van der Waals surface area contributed by atoms with Crippen molar-refractivity contribution in [2.75, 3.05) is 19.7 Å². The molecule has 2 fully saturated rings. The van der Waals surface area contributed by atoms with Crippen LogP contribution in [0.3, 0.4) is 0 Å². The molecule has 0 aromatic heterocycles. The summed E-state index contributed by atoms with van der Waals surface area (Å²) in [7, 11) is 0. The lowest BCUT2D eigenvalue weighted by Crippen LogP contribution is -2.40. The summed E-state index contributed by atoms with van der Waals surface area (Å²) in [5.41, 5.74) is 5.59. The van der Waals surface area contributed by atoms with Crippen LogP contribution in [-0.2, 0) is 9.53 Å². The van der Waals surface area contributed by atoms with Crippen LogP contribution in [-0.4, -0.2) is 42.6 Å². The Hall–Kier alpha value is -0.610. The molecule has 2 N–H and O–H groups in total. The summed E-state index contributed by atoms with van der Waals surface area (Å²) in [6.07, 6.45) is 9.94. The minimum atomic E-state index is 0.316. The van der Waals surface area contributed by atoms with E-state index in [4.69, 9.17) is 10.5 Å². The minimum Gasteiger partial charge on any atom is -0.378 e. The number of rotatable bonds is 7. The van der Waals surface area contributed by atoms with Crippen LogP contribution in [0.15, 0.2) is 0 Å². The molecule has 4 nitrogen and oxygen atoms in total. The molecule has 1 saturated carbocycles. The second-order valence-electron chi connectivity index (χ2n) is 5.84. The number of hydrogen-bond donors (Lipinski definition) is 1. The summed E-state index contributed by atoms with van der Waals surface area (Å²) in [6.45, 7) is 2.38. The van der Waals surface area contributed by atoms with E-state index < -0.39 is 0 Å². The molecule has 0 aromatic rings. The molecule has 1 atom stereocenters. The fourth-order valence-corrected chi connectivity index (χ4v) is 3.29. The Morgan fingerprint density at radius 2 is 2.00 bits per heavy atom. The number of nitrogens with zero attached hydrogens (tertiary/aromatic N) is 1. The molecule has 1 aliphatic carbocycles. The Morgan fingerprint density at radius 1 is 1.21 bits per heavy atom. The summed E-state index contributed by atoms with van der Waals surface area (Å²) in [4.78, 5) is 14.5. The molecule has 19 heavy (non-hydrogen) atoms. The minimum absolute atomic E-state index is 0.316. The number of amides is 1. The molecule has 4 heteroatoms. The SMILES string of the molecule is NCCCN(C(=O)CCC1CCCO1)C1CCCC1. The molecular weight excluding hydrogens is 240 g/mol. The van der Waals surface area contributed by atoms with Crippen molar-refractivity contribution < 1.29 is 9.53 Å². The maximum absolute atomic E-state index is 12.4. The zero-order chi connectivity index (χ0) is 13.5. The maximum atomic E-state index is 12.4. The van der Waals surface area contributed by atoms with Crippen LogP contribution in [0.2, 0.25) is 0 Å². The predicted molar refractivity (Wildman–Crippen MR) is 75.8 cm³/mol. The van der Waals surface area contributed by atoms with Gasteiger partial charge in [0, 0.05) is 25.6 Å². The highest BCUT2D eigenvalue weighted by Crippen LogP contribution is 2.25. The first kappa shape index (κ1) is 14.8. The molecule has 1 heterocycles. The third-order valence-corrected chi connectivity index (χ3v) is 4.39. The Bertz CT molecular complexity index is 271. The second-order valence-corrected chi connectivity index (χ2v) is 5.84. The summed E-state index contributed by atoms with van der Waals surface area (Å²) < 4.78 is 5.60. The number of carbonyl (C=O) groups excluding carboxylic acids is 1. The molecule has 0 bridgehead atoms. The lowest BCUT2D eigenvalue weighted by Gasteiger charge is -2.29. The molecule has 1 unspecified atom stereocenters. The third-order valence-electron chi connectivity index (χ3n) is 4.39. The molecule has 1 saturated heterocycles. The number of nitrogens with two attached hydrogens (primary N) is 1. The van der Waals surface area contributed by atoms with Crippen LogP contribution < -0.4 is 5.73 Å². The molecule has 1 aliphatic heterocycles. The Balaban J connectivity index is 1.79. The van der Waals surface area contributed by atoms with Crippen LogP contribution in [0, 0.1) is 0 Å². The van der Waals surface area contributed by atoms with Gasteiger partial charge in [-0.2, -0.15) is 0 Å². The van der Waals surface area contributed by atoms with Crippen molar-refractivity contribution in [2.45, 2.75) is 69.9 Å². The van der Waals surface area contributed by atoms with Crippen LogP contribution in [0.25, 0.3) is 0 Å². The zero-order valence-corrected chi connectivity index (χ0v) is 12.0. The van der Waals surface area contributed by atoms with E-state index in [0.717, 1.165) is 38.8 Å². The normalized spacial score (nSPS) is 23.9. The van der Waals surface area contributed by atoms with E-state index in [-0.39, 0.29) is 0 Å². The average molecular weight is 268 g/mol. The van der Waals surface area contributed by atoms with Gasteiger partial charge in [-0.15, -0.1) is 0 Å². The Kier molecular flexibility index (Phi) is 6.11. The maximum Gasteiger partial charge on any atom is 0.222 e. The standard InChI is InChI=1S/C15H28N2O2/c16-10-4-11-17(13-5-1-2-6-13)15(18)9-8-14-7-3-12-19-14/h13-14H,1-12,16H2. The van der Waals surface area contributed by atoms with Gasteiger partial charge in [-0.3, -0.25) is 4.79 Å². The van der Waals surface area contributed by atoms with Crippen molar-refractivity contribution in [2.24, 2.45) is 5.73 Å². The highest BCUT2D eigenvalue weighted by Gasteiger charge is 2.26. The third kappa shape index (κ3) is 4.46. The van der Waals surface area contributed by atoms with Crippen molar-refractivity contribution in [3.8, 4) is 0 Å². The monoisotopic (exact) mass is 268 g/mol. The quantitative estimate of drug-likeness (QED) is 0.769. The lowest BCUT2D eigenvalue weighted by atomic mass is 10.1. The first-order chi connectivity index (χ1) is 9.31. The summed E-state index contributed by atoms with van der Waals surface area (Å²) in [5, 5.41) is 0. The fourth-order valence-electron chi connectivity index (χ4n) is 3.29. The van der Waals surface area contributed by atoms with Crippen molar-refractivity contribution in [1.82, 2.24) is 4.90 Å². The largest absolute Gasteiger partial charge is 0.378 e. The van der Waals surface area contributed by atoms with Gasteiger partial charge in [0.15, 0.2) is 0 Å². The highest BCUT2D eigenvalue weighted by molar-refractivity contribution is 5.76. The molecule has 0 aromatic carbocycles. The van der Waals surface area contributed by atoms with Crippen molar-refractivity contribution in [3.05, 3.63) is 0 Å². The van der Waals surface area contributed by atoms with Crippen molar-refractivity contribution in [3.63, 3.8) is 0 Å². The van der Waals surface area contributed by atoms with E-state index >= 15 is 0 Å². The number of hydrogen-bond acceptors (Lipinski definition) is 3. The Morgan fingerprint density at radius 3 is 2.63 bits per heavy atom. The van der Waals surface area contributed by atoms with Gasteiger partial charge in [0.25, 0.3) is 0 Å². The highest BCUT2D eigenvalue weighted by atomic mass is 16.5. The topological polar surface area (TPSA) is 55.6 Å². The molecule has 2 aliphatic rings. The smallest absolute Gasteiger partial charge is 0.222 e. The zero-order valence-electron chi connectivity index (χ0n) is 12.0. The molecule has 110 valence electrons. The first-order valence-electron chi connectivity index (χ1n) is 7.92. The van der Waals surface area contributed by atoms with Crippen LogP contribution >= 0.6 is 0 Å². The molecular formula is C15H28N2O2. The number of carbonyl (C=O) groups is 1. The molecule has 1 amide bonds. The van der Waals surface area contributed by atoms with Gasteiger partial charge in [0.2, 0.25) is 5.91 Å². The Labute approximate surface area is 116 Å². The van der Waals surface area contributed by atoms with E-state index in [1.54, 1.807) is 0 Å². The van der Waals surface area contributed by atoms with E-state index in [1.807, 2.05) is 0 Å². The van der Waals surface area contributed by atoms with Gasteiger partial charge in [-0.05, 0) is 45.1 Å².